The van der Waals surface area contributed by atoms with Crippen molar-refractivity contribution in [3.05, 3.63) is 32.6 Å². The molecule has 0 heterocycles. The third kappa shape index (κ3) is 1.51. The van der Waals surface area contributed by atoms with Crippen molar-refractivity contribution in [3.63, 3.8) is 0 Å². The Morgan fingerprint density at radius 3 is 2.64 bits per heavy atom. The molecule has 0 aliphatic rings. The van der Waals surface area contributed by atoms with E-state index < -0.39 is 5.82 Å². The minimum absolute atomic E-state index is 0.144. The van der Waals surface area contributed by atoms with Crippen LogP contribution in [0.2, 0.25) is 0 Å². The van der Waals surface area contributed by atoms with E-state index in [0.29, 0.717) is 9.13 Å². The number of nitrogens with zero attached hydrogens (tertiary/aromatic N) is 1. The van der Waals surface area contributed by atoms with Gasteiger partial charge in [0.2, 0.25) is 0 Å². The molecular weight excluding hydrogens is 256 g/mol. The van der Waals surface area contributed by atoms with E-state index in [2.05, 4.69) is 0 Å². The van der Waals surface area contributed by atoms with E-state index in [1.54, 1.807) is 19.1 Å². The number of nitriles is 1. The van der Waals surface area contributed by atoms with Gasteiger partial charge in [0, 0.05) is 3.57 Å². The van der Waals surface area contributed by atoms with E-state index in [0.717, 1.165) is 0 Å². The van der Waals surface area contributed by atoms with Gasteiger partial charge in [0.1, 0.15) is 17.4 Å². The highest BCUT2D eigenvalue weighted by Crippen LogP contribution is 2.17. The number of hydrogen-bond acceptors (Lipinski definition) is 1. The summed E-state index contributed by atoms with van der Waals surface area (Å²) in [6, 6.07) is 5.22. The standard InChI is InChI=1S/C8H5FIN/c1-5-2-3-7(10)6(4-11)8(5)9/h2-3H,1H3. The molecule has 1 aromatic carbocycles. The Bertz CT molecular complexity index is 328. The Hall–Kier alpha value is -0.630. The largest absolute Gasteiger partial charge is 0.205 e. The van der Waals surface area contributed by atoms with Gasteiger partial charge in [0.15, 0.2) is 0 Å². The lowest BCUT2D eigenvalue weighted by Crippen LogP contribution is -1.91. The zero-order chi connectivity index (χ0) is 8.43. The van der Waals surface area contributed by atoms with Crippen LogP contribution in [0, 0.1) is 27.6 Å². The fraction of sp³-hybridized carbons (Fsp3) is 0.125. The normalized spacial score (nSPS) is 9.27. The van der Waals surface area contributed by atoms with E-state index in [4.69, 9.17) is 5.26 Å². The first-order valence-corrected chi connectivity index (χ1v) is 4.09. The minimum Gasteiger partial charge on any atom is -0.205 e. The molecule has 0 saturated heterocycles. The number of rotatable bonds is 0. The fourth-order valence-electron chi connectivity index (χ4n) is 0.759. The predicted octanol–water partition coefficient (Wildman–Crippen LogP) is 2.61. The third-order valence-corrected chi connectivity index (χ3v) is 2.29. The molecule has 56 valence electrons. The highest BCUT2D eigenvalue weighted by Gasteiger charge is 2.07. The van der Waals surface area contributed by atoms with Gasteiger partial charge in [-0.3, -0.25) is 0 Å². The summed E-state index contributed by atoms with van der Waals surface area (Å²) in [5.74, 6) is -0.403. The molecule has 1 nitrogen and oxygen atoms in total. The first-order valence-electron chi connectivity index (χ1n) is 3.01. The van der Waals surface area contributed by atoms with E-state index in [1.807, 2.05) is 28.7 Å². The molecule has 11 heavy (non-hydrogen) atoms. The smallest absolute Gasteiger partial charge is 0.144 e. The topological polar surface area (TPSA) is 23.8 Å². The van der Waals surface area contributed by atoms with Gasteiger partial charge in [0.05, 0.1) is 0 Å². The second kappa shape index (κ2) is 3.18. The van der Waals surface area contributed by atoms with Crippen LogP contribution in [0.15, 0.2) is 12.1 Å². The first-order chi connectivity index (χ1) is 5.16. The van der Waals surface area contributed by atoms with Crippen LogP contribution in [0.1, 0.15) is 11.1 Å². The highest BCUT2D eigenvalue weighted by molar-refractivity contribution is 14.1. The Kier molecular flexibility index (Phi) is 2.45. The van der Waals surface area contributed by atoms with Crippen LogP contribution in [-0.4, -0.2) is 0 Å². The Morgan fingerprint density at radius 1 is 1.55 bits per heavy atom. The van der Waals surface area contributed by atoms with Crippen LogP contribution in [-0.2, 0) is 0 Å². The van der Waals surface area contributed by atoms with Crippen LogP contribution < -0.4 is 0 Å². The molecule has 0 aliphatic carbocycles. The molecular formula is C8H5FIN. The molecule has 0 radical (unpaired) electrons. The number of aryl methyl sites for hydroxylation is 1. The SMILES string of the molecule is Cc1ccc(I)c(C#N)c1F. The van der Waals surface area contributed by atoms with Crippen molar-refractivity contribution in [1.29, 1.82) is 5.26 Å². The molecule has 0 aliphatic heterocycles. The van der Waals surface area contributed by atoms with Crippen LogP contribution in [0.25, 0.3) is 0 Å². The van der Waals surface area contributed by atoms with Gasteiger partial charge in [0.25, 0.3) is 0 Å². The fourth-order valence-corrected chi connectivity index (χ4v) is 1.30. The van der Waals surface area contributed by atoms with E-state index >= 15 is 0 Å². The monoisotopic (exact) mass is 261 g/mol. The highest BCUT2D eigenvalue weighted by atomic mass is 127. The Labute approximate surface area is 78.0 Å². The van der Waals surface area contributed by atoms with E-state index in [1.165, 1.54) is 0 Å². The second-order valence-corrected chi connectivity index (χ2v) is 3.33. The lowest BCUT2D eigenvalue weighted by atomic mass is 10.1. The summed E-state index contributed by atoms with van der Waals surface area (Å²) in [6.45, 7) is 1.65. The summed E-state index contributed by atoms with van der Waals surface area (Å²) >= 11 is 1.94. The molecule has 0 N–H and O–H groups in total. The lowest BCUT2D eigenvalue weighted by molar-refractivity contribution is 0.613. The van der Waals surface area contributed by atoms with Gasteiger partial charge < -0.3 is 0 Å². The van der Waals surface area contributed by atoms with Crippen LogP contribution in [0.5, 0.6) is 0 Å². The van der Waals surface area contributed by atoms with Crippen molar-refractivity contribution in [2.75, 3.05) is 0 Å². The Morgan fingerprint density at radius 2 is 2.18 bits per heavy atom. The summed E-state index contributed by atoms with van der Waals surface area (Å²) in [4.78, 5) is 0. The summed E-state index contributed by atoms with van der Waals surface area (Å²) < 4.78 is 13.7. The molecule has 3 heteroatoms. The zero-order valence-corrected chi connectivity index (χ0v) is 8.02. The summed E-state index contributed by atoms with van der Waals surface area (Å²) in [5.41, 5.74) is 0.660. The average Bonchev–Trinajstić information content (AvgIpc) is 1.99. The number of benzene rings is 1. The molecule has 0 spiro atoms. The second-order valence-electron chi connectivity index (χ2n) is 2.17. The zero-order valence-electron chi connectivity index (χ0n) is 5.86. The molecule has 0 bridgehead atoms. The molecule has 0 fully saturated rings. The van der Waals surface area contributed by atoms with E-state index in [-0.39, 0.29) is 5.56 Å². The van der Waals surface area contributed by atoms with Gasteiger partial charge in [-0.2, -0.15) is 5.26 Å². The van der Waals surface area contributed by atoms with Gasteiger partial charge in [-0.15, -0.1) is 0 Å². The first kappa shape index (κ1) is 8.47. The Balaban J connectivity index is 3.44. The third-order valence-electron chi connectivity index (χ3n) is 1.40. The van der Waals surface area contributed by atoms with Crippen LogP contribution >= 0.6 is 22.6 Å². The average molecular weight is 261 g/mol. The molecule has 0 saturated carbocycles. The molecule has 1 aromatic rings. The minimum atomic E-state index is -0.403. The maximum Gasteiger partial charge on any atom is 0.144 e. The van der Waals surface area contributed by atoms with Gasteiger partial charge in [-0.25, -0.2) is 4.39 Å². The maximum absolute atomic E-state index is 13.0. The van der Waals surface area contributed by atoms with Crippen LogP contribution in [0.3, 0.4) is 0 Å². The predicted molar refractivity (Wildman–Crippen MR) is 48.6 cm³/mol. The van der Waals surface area contributed by atoms with Crippen molar-refractivity contribution < 1.29 is 4.39 Å². The number of halogens is 2. The summed E-state index contributed by atoms with van der Waals surface area (Å²) in [7, 11) is 0. The van der Waals surface area contributed by atoms with Crippen LogP contribution in [0.4, 0.5) is 4.39 Å². The van der Waals surface area contributed by atoms with Gasteiger partial charge in [-0.05, 0) is 41.1 Å². The lowest BCUT2D eigenvalue weighted by Gasteiger charge is -1.99. The van der Waals surface area contributed by atoms with Gasteiger partial charge in [-0.1, -0.05) is 6.07 Å². The summed E-state index contributed by atoms with van der Waals surface area (Å²) in [6.07, 6.45) is 0. The molecule has 0 aromatic heterocycles. The summed E-state index contributed by atoms with van der Waals surface area (Å²) in [5, 5.41) is 8.53. The molecule has 0 amide bonds. The van der Waals surface area contributed by atoms with Crippen molar-refractivity contribution in [2.24, 2.45) is 0 Å². The molecule has 1 rings (SSSR count). The number of hydrogen-bond donors (Lipinski definition) is 0. The van der Waals surface area contributed by atoms with Gasteiger partial charge >= 0.3 is 0 Å². The maximum atomic E-state index is 13.0. The molecule has 0 atom stereocenters. The van der Waals surface area contributed by atoms with Crippen molar-refractivity contribution in [1.82, 2.24) is 0 Å². The van der Waals surface area contributed by atoms with Crippen molar-refractivity contribution in [2.45, 2.75) is 6.92 Å². The van der Waals surface area contributed by atoms with Crippen molar-refractivity contribution >= 4 is 22.6 Å². The molecule has 0 unspecified atom stereocenters. The quantitative estimate of drug-likeness (QED) is 0.658. The van der Waals surface area contributed by atoms with Crippen molar-refractivity contribution in [3.8, 4) is 6.07 Å². The van der Waals surface area contributed by atoms with E-state index in [9.17, 15) is 4.39 Å².